The topological polar surface area (TPSA) is 94.0 Å². The van der Waals surface area contributed by atoms with E-state index in [1.165, 1.54) is 11.3 Å². The van der Waals surface area contributed by atoms with Gasteiger partial charge in [-0.15, -0.1) is 0 Å². The number of hydrogen-bond donors (Lipinski definition) is 3. The Bertz CT molecular complexity index is 666. The number of hydrogen-bond acceptors (Lipinski definition) is 5. The summed E-state index contributed by atoms with van der Waals surface area (Å²) in [5.41, 5.74) is 14.1. The van der Waals surface area contributed by atoms with Gasteiger partial charge in [0.1, 0.15) is 0 Å². The lowest BCUT2D eigenvalue weighted by Crippen LogP contribution is -2.34. The summed E-state index contributed by atoms with van der Waals surface area (Å²) in [7, 11) is 0. The fourth-order valence-corrected chi connectivity index (χ4v) is 3.61. The summed E-state index contributed by atoms with van der Waals surface area (Å²) in [5, 5.41) is 3.59. The number of thiazole rings is 1. The third kappa shape index (κ3) is 2.48. The van der Waals surface area contributed by atoms with Crippen LogP contribution >= 0.6 is 11.3 Å². The first-order valence-corrected chi connectivity index (χ1v) is 7.57. The Balaban J connectivity index is 1.84. The number of nitrogens with zero attached hydrogens (tertiary/aromatic N) is 1. The van der Waals surface area contributed by atoms with E-state index in [2.05, 4.69) is 10.3 Å². The van der Waals surface area contributed by atoms with Crippen molar-refractivity contribution < 1.29 is 4.79 Å². The summed E-state index contributed by atoms with van der Waals surface area (Å²) < 4.78 is 0.954. The van der Waals surface area contributed by atoms with Crippen molar-refractivity contribution in [2.45, 2.75) is 38.3 Å². The number of benzene rings is 1. The summed E-state index contributed by atoms with van der Waals surface area (Å²) in [4.78, 5) is 16.6. The maximum Gasteiger partial charge on any atom is 0.251 e. The molecule has 2 atom stereocenters. The van der Waals surface area contributed by atoms with Gasteiger partial charge in [0, 0.05) is 17.6 Å². The van der Waals surface area contributed by atoms with Crippen LogP contribution in [0.15, 0.2) is 12.1 Å². The fourth-order valence-electron chi connectivity index (χ4n) is 2.76. The van der Waals surface area contributed by atoms with Crippen molar-refractivity contribution in [1.82, 2.24) is 10.3 Å². The van der Waals surface area contributed by atoms with Crippen molar-refractivity contribution in [1.29, 1.82) is 0 Å². The standard InChI is InChI=1S/C14H18N4OS/c1-7-4-8(5-11-12(7)18-14(16)20-11)13(19)17-10-3-2-9(15)6-10/h4-5,9-10H,2-3,6,15H2,1H3,(H2,16,18)(H,17,19)/t9-,10-/m1/s1. The minimum absolute atomic E-state index is 0.0407. The van der Waals surface area contributed by atoms with Gasteiger partial charge in [-0.2, -0.15) is 0 Å². The predicted octanol–water partition coefficient (Wildman–Crippen LogP) is 1.80. The zero-order valence-corrected chi connectivity index (χ0v) is 12.2. The molecule has 1 saturated carbocycles. The molecule has 0 saturated heterocycles. The van der Waals surface area contributed by atoms with E-state index in [0.717, 1.165) is 35.0 Å². The minimum atomic E-state index is -0.0407. The third-order valence-electron chi connectivity index (χ3n) is 3.77. The average Bonchev–Trinajstić information content (AvgIpc) is 2.95. The van der Waals surface area contributed by atoms with Crippen LogP contribution in [0.25, 0.3) is 10.2 Å². The predicted molar refractivity (Wildman–Crippen MR) is 81.9 cm³/mol. The Hall–Kier alpha value is -1.66. The molecule has 1 aromatic heterocycles. The number of carbonyl (C=O) groups is 1. The molecule has 5 nitrogen and oxygen atoms in total. The molecule has 20 heavy (non-hydrogen) atoms. The first kappa shape index (κ1) is 13.3. The van der Waals surface area contributed by atoms with E-state index in [-0.39, 0.29) is 18.0 Å². The number of carbonyl (C=O) groups excluding carboxylic acids is 1. The molecule has 6 heteroatoms. The summed E-state index contributed by atoms with van der Waals surface area (Å²) in [6.45, 7) is 1.95. The molecule has 0 aliphatic heterocycles. The molecule has 1 aromatic carbocycles. The van der Waals surface area contributed by atoms with Crippen LogP contribution in [0, 0.1) is 6.92 Å². The molecular formula is C14H18N4OS. The lowest BCUT2D eigenvalue weighted by atomic mass is 10.1. The number of amides is 1. The van der Waals surface area contributed by atoms with Crippen molar-refractivity contribution in [3.8, 4) is 0 Å². The van der Waals surface area contributed by atoms with E-state index < -0.39 is 0 Å². The molecule has 1 amide bonds. The normalized spacial score (nSPS) is 22.3. The Morgan fingerprint density at radius 2 is 2.25 bits per heavy atom. The van der Waals surface area contributed by atoms with E-state index in [1.807, 2.05) is 19.1 Å². The van der Waals surface area contributed by atoms with E-state index in [9.17, 15) is 4.79 Å². The van der Waals surface area contributed by atoms with Crippen LogP contribution in [-0.2, 0) is 0 Å². The lowest BCUT2D eigenvalue weighted by Gasteiger charge is -2.12. The van der Waals surface area contributed by atoms with Crippen molar-refractivity contribution in [2.75, 3.05) is 5.73 Å². The van der Waals surface area contributed by atoms with Gasteiger partial charge < -0.3 is 16.8 Å². The molecule has 1 fully saturated rings. The molecule has 0 bridgehead atoms. The number of aromatic nitrogens is 1. The van der Waals surface area contributed by atoms with Crippen molar-refractivity contribution >= 4 is 32.6 Å². The second-order valence-corrected chi connectivity index (χ2v) is 6.50. The van der Waals surface area contributed by atoms with E-state index in [0.29, 0.717) is 10.7 Å². The summed E-state index contributed by atoms with van der Waals surface area (Å²) in [6, 6.07) is 4.14. The van der Waals surface area contributed by atoms with Crippen LogP contribution in [0.1, 0.15) is 35.2 Å². The molecule has 3 rings (SSSR count). The summed E-state index contributed by atoms with van der Waals surface area (Å²) >= 11 is 1.41. The second kappa shape index (κ2) is 5.03. The molecule has 1 aliphatic rings. The number of aryl methyl sites for hydroxylation is 1. The number of nitrogens with one attached hydrogen (secondary N) is 1. The summed E-state index contributed by atoms with van der Waals surface area (Å²) in [6.07, 6.45) is 2.80. The first-order valence-electron chi connectivity index (χ1n) is 6.76. The Kier molecular flexibility index (Phi) is 3.35. The van der Waals surface area contributed by atoms with Gasteiger partial charge in [0.05, 0.1) is 10.2 Å². The highest BCUT2D eigenvalue weighted by atomic mass is 32.1. The molecule has 0 radical (unpaired) electrons. The van der Waals surface area contributed by atoms with Gasteiger partial charge in [-0.25, -0.2) is 4.98 Å². The molecule has 1 aliphatic carbocycles. The number of anilines is 1. The van der Waals surface area contributed by atoms with Crippen molar-refractivity contribution in [2.24, 2.45) is 5.73 Å². The molecule has 0 unspecified atom stereocenters. The Morgan fingerprint density at radius 3 is 2.95 bits per heavy atom. The van der Waals surface area contributed by atoms with Gasteiger partial charge in [-0.3, -0.25) is 4.79 Å². The van der Waals surface area contributed by atoms with Gasteiger partial charge >= 0.3 is 0 Å². The zero-order chi connectivity index (χ0) is 14.3. The molecule has 2 aromatic rings. The van der Waals surface area contributed by atoms with Crippen LogP contribution in [0.5, 0.6) is 0 Å². The average molecular weight is 290 g/mol. The quantitative estimate of drug-likeness (QED) is 0.786. The van der Waals surface area contributed by atoms with E-state index >= 15 is 0 Å². The molecule has 0 spiro atoms. The smallest absolute Gasteiger partial charge is 0.251 e. The number of rotatable bonds is 2. The highest BCUT2D eigenvalue weighted by Crippen LogP contribution is 2.28. The van der Waals surface area contributed by atoms with Gasteiger partial charge in [0.25, 0.3) is 5.91 Å². The lowest BCUT2D eigenvalue weighted by molar-refractivity contribution is 0.0938. The summed E-state index contributed by atoms with van der Waals surface area (Å²) in [5.74, 6) is -0.0407. The van der Waals surface area contributed by atoms with Gasteiger partial charge in [0.2, 0.25) is 0 Å². The molecular weight excluding hydrogens is 272 g/mol. The SMILES string of the molecule is Cc1cc(C(=O)N[C@@H]2CC[C@@H](N)C2)cc2sc(N)nc12. The van der Waals surface area contributed by atoms with E-state index in [1.54, 1.807) is 0 Å². The van der Waals surface area contributed by atoms with Gasteiger partial charge in [-0.1, -0.05) is 11.3 Å². The first-order chi connectivity index (χ1) is 9.52. The van der Waals surface area contributed by atoms with Gasteiger partial charge in [-0.05, 0) is 43.9 Å². The number of fused-ring (bicyclic) bond motifs is 1. The highest BCUT2D eigenvalue weighted by Gasteiger charge is 2.23. The van der Waals surface area contributed by atoms with E-state index in [4.69, 9.17) is 11.5 Å². The molecule has 1 heterocycles. The second-order valence-electron chi connectivity index (χ2n) is 5.44. The van der Waals surface area contributed by atoms with Crippen LogP contribution in [0.4, 0.5) is 5.13 Å². The fraction of sp³-hybridized carbons (Fsp3) is 0.429. The van der Waals surface area contributed by atoms with Crippen LogP contribution in [0.3, 0.4) is 0 Å². The highest BCUT2D eigenvalue weighted by molar-refractivity contribution is 7.22. The zero-order valence-electron chi connectivity index (χ0n) is 11.3. The third-order valence-corrected chi connectivity index (χ3v) is 4.60. The number of nitrogen functional groups attached to an aromatic ring is 1. The monoisotopic (exact) mass is 290 g/mol. The minimum Gasteiger partial charge on any atom is -0.375 e. The number of nitrogens with two attached hydrogens (primary N) is 2. The Labute approximate surface area is 121 Å². The van der Waals surface area contributed by atoms with Crippen LogP contribution < -0.4 is 16.8 Å². The van der Waals surface area contributed by atoms with Gasteiger partial charge in [0.15, 0.2) is 5.13 Å². The van der Waals surface area contributed by atoms with Crippen molar-refractivity contribution in [3.05, 3.63) is 23.3 Å². The van der Waals surface area contributed by atoms with Crippen LogP contribution in [-0.4, -0.2) is 23.0 Å². The largest absolute Gasteiger partial charge is 0.375 e. The molecule has 106 valence electrons. The Morgan fingerprint density at radius 1 is 1.45 bits per heavy atom. The molecule has 5 N–H and O–H groups in total. The maximum atomic E-state index is 12.3. The van der Waals surface area contributed by atoms with Crippen LogP contribution in [0.2, 0.25) is 0 Å². The van der Waals surface area contributed by atoms with Crippen molar-refractivity contribution in [3.63, 3.8) is 0 Å². The maximum absolute atomic E-state index is 12.3.